The molecule has 2 aromatic heterocycles. The van der Waals surface area contributed by atoms with Gasteiger partial charge in [0.2, 0.25) is 5.95 Å². The average molecular weight is 423 g/mol. The SMILES string of the molecule is Fc1cc(-n2cnc3cnc(NC4CCCC4)nc32)ccc1I. The molecule has 0 unspecified atom stereocenters. The minimum atomic E-state index is -0.247. The zero-order chi connectivity index (χ0) is 15.8. The monoisotopic (exact) mass is 423 g/mol. The van der Waals surface area contributed by atoms with Crippen LogP contribution in [0.4, 0.5) is 10.3 Å². The topological polar surface area (TPSA) is 55.6 Å². The summed E-state index contributed by atoms with van der Waals surface area (Å²) >= 11 is 1.97. The highest BCUT2D eigenvalue weighted by atomic mass is 127. The first kappa shape index (κ1) is 14.8. The third kappa shape index (κ3) is 2.89. The molecule has 1 N–H and O–H groups in total. The molecule has 118 valence electrons. The van der Waals surface area contributed by atoms with Crippen molar-refractivity contribution in [1.82, 2.24) is 19.5 Å². The molecule has 2 heterocycles. The number of anilines is 1. The van der Waals surface area contributed by atoms with Gasteiger partial charge in [-0.15, -0.1) is 0 Å². The van der Waals surface area contributed by atoms with Gasteiger partial charge in [0.25, 0.3) is 0 Å². The Labute approximate surface area is 146 Å². The van der Waals surface area contributed by atoms with Crippen LogP contribution in [0.25, 0.3) is 16.9 Å². The van der Waals surface area contributed by atoms with E-state index in [2.05, 4.69) is 20.3 Å². The van der Waals surface area contributed by atoms with Crippen LogP contribution in [-0.2, 0) is 0 Å². The molecule has 0 aliphatic heterocycles. The largest absolute Gasteiger partial charge is 0.351 e. The lowest BCUT2D eigenvalue weighted by Crippen LogP contribution is -2.16. The van der Waals surface area contributed by atoms with E-state index < -0.39 is 0 Å². The number of hydrogen-bond donors (Lipinski definition) is 1. The molecule has 1 fully saturated rings. The van der Waals surface area contributed by atoms with E-state index in [0.29, 0.717) is 32.4 Å². The van der Waals surface area contributed by atoms with E-state index in [1.54, 1.807) is 23.2 Å². The number of hydrogen-bond acceptors (Lipinski definition) is 4. The number of rotatable bonds is 3. The van der Waals surface area contributed by atoms with Crippen LogP contribution in [0.15, 0.2) is 30.7 Å². The third-order valence-corrected chi connectivity index (χ3v) is 5.04. The lowest BCUT2D eigenvalue weighted by molar-refractivity contribution is 0.619. The van der Waals surface area contributed by atoms with Crippen LogP contribution in [0.5, 0.6) is 0 Å². The summed E-state index contributed by atoms with van der Waals surface area (Å²) in [6.07, 6.45) is 8.17. The van der Waals surface area contributed by atoms with Crippen molar-refractivity contribution in [1.29, 1.82) is 0 Å². The van der Waals surface area contributed by atoms with Crippen LogP contribution in [-0.4, -0.2) is 25.6 Å². The molecular weight excluding hydrogens is 408 g/mol. The van der Waals surface area contributed by atoms with Crippen molar-refractivity contribution < 1.29 is 4.39 Å². The van der Waals surface area contributed by atoms with Crippen molar-refractivity contribution in [2.24, 2.45) is 0 Å². The second-order valence-corrected chi connectivity index (χ2v) is 6.90. The summed E-state index contributed by atoms with van der Waals surface area (Å²) in [5, 5.41) is 3.38. The van der Waals surface area contributed by atoms with Crippen molar-refractivity contribution in [3.63, 3.8) is 0 Å². The molecule has 1 aromatic carbocycles. The van der Waals surface area contributed by atoms with Gasteiger partial charge in [-0.1, -0.05) is 12.8 Å². The summed E-state index contributed by atoms with van der Waals surface area (Å²) in [6.45, 7) is 0. The van der Waals surface area contributed by atoms with Gasteiger partial charge >= 0.3 is 0 Å². The van der Waals surface area contributed by atoms with Gasteiger partial charge in [-0.05, 0) is 53.6 Å². The van der Waals surface area contributed by atoms with E-state index in [4.69, 9.17) is 0 Å². The molecule has 1 saturated carbocycles. The fourth-order valence-corrected chi connectivity index (χ4v) is 3.29. The minimum absolute atomic E-state index is 0.247. The summed E-state index contributed by atoms with van der Waals surface area (Å²) in [5.74, 6) is 0.362. The first-order valence-corrected chi connectivity index (χ1v) is 8.70. The Morgan fingerprint density at radius 1 is 1.22 bits per heavy atom. The molecule has 0 atom stereocenters. The summed E-state index contributed by atoms with van der Waals surface area (Å²) in [7, 11) is 0. The lowest BCUT2D eigenvalue weighted by Gasteiger charge is -2.11. The van der Waals surface area contributed by atoms with Gasteiger partial charge in [0.1, 0.15) is 17.7 Å². The number of nitrogens with one attached hydrogen (secondary N) is 1. The van der Waals surface area contributed by atoms with Crippen LogP contribution in [0, 0.1) is 9.39 Å². The van der Waals surface area contributed by atoms with Gasteiger partial charge in [-0.3, -0.25) is 4.57 Å². The van der Waals surface area contributed by atoms with E-state index in [1.807, 2.05) is 28.7 Å². The second kappa shape index (κ2) is 6.03. The molecule has 3 aromatic rings. The van der Waals surface area contributed by atoms with Gasteiger partial charge in [0.05, 0.1) is 11.9 Å². The van der Waals surface area contributed by atoms with E-state index >= 15 is 0 Å². The van der Waals surface area contributed by atoms with Crippen molar-refractivity contribution in [3.8, 4) is 5.69 Å². The Morgan fingerprint density at radius 2 is 2.04 bits per heavy atom. The Bertz CT molecular complexity index is 857. The first-order chi connectivity index (χ1) is 11.2. The Hall–Kier alpha value is -1.77. The molecule has 0 bridgehead atoms. The molecule has 1 aliphatic rings. The summed E-state index contributed by atoms with van der Waals surface area (Å²) in [5.41, 5.74) is 2.08. The van der Waals surface area contributed by atoms with Crippen LogP contribution in [0.3, 0.4) is 0 Å². The fraction of sp³-hybridized carbons (Fsp3) is 0.312. The molecule has 1 aliphatic carbocycles. The average Bonchev–Trinajstić information content (AvgIpc) is 3.19. The zero-order valence-electron chi connectivity index (χ0n) is 12.3. The number of nitrogens with zero attached hydrogens (tertiary/aromatic N) is 4. The van der Waals surface area contributed by atoms with Crippen molar-refractivity contribution in [3.05, 3.63) is 40.1 Å². The highest BCUT2D eigenvalue weighted by molar-refractivity contribution is 14.1. The van der Waals surface area contributed by atoms with E-state index in [0.717, 1.165) is 12.8 Å². The van der Waals surface area contributed by atoms with Gasteiger partial charge in [0.15, 0.2) is 5.65 Å². The Morgan fingerprint density at radius 3 is 2.83 bits per heavy atom. The van der Waals surface area contributed by atoms with Crippen molar-refractivity contribution in [2.75, 3.05) is 5.32 Å². The molecule has 0 amide bonds. The van der Waals surface area contributed by atoms with Crippen molar-refractivity contribution >= 4 is 39.7 Å². The predicted molar refractivity (Wildman–Crippen MR) is 95.2 cm³/mol. The molecule has 0 radical (unpaired) electrons. The van der Waals surface area contributed by atoms with Crippen molar-refractivity contribution in [2.45, 2.75) is 31.7 Å². The van der Waals surface area contributed by atoms with Gasteiger partial charge in [0, 0.05) is 9.61 Å². The number of benzene rings is 1. The second-order valence-electron chi connectivity index (χ2n) is 5.74. The molecular formula is C16H15FIN5. The normalized spacial score (nSPS) is 15.4. The molecule has 4 rings (SSSR count). The molecule has 23 heavy (non-hydrogen) atoms. The zero-order valence-corrected chi connectivity index (χ0v) is 14.5. The Balaban J connectivity index is 1.73. The van der Waals surface area contributed by atoms with Gasteiger partial charge in [-0.2, -0.15) is 4.98 Å². The smallest absolute Gasteiger partial charge is 0.224 e. The molecule has 7 heteroatoms. The summed E-state index contributed by atoms with van der Waals surface area (Å²) < 4.78 is 16.2. The van der Waals surface area contributed by atoms with Crippen LogP contribution >= 0.6 is 22.6 Å². The highest BCUT2D eigenvalue weighted by Gasteiger charge is 2.16. The lowest BCUT2D eigenvalue weighted by atomic mass is 10.2. The maximum absolute atomic E-state index is 13.8. The number of imidazole rings is 1. The molecule has 5 nitrogen and oxygen atoms in total. The van der Waals surface area contributed by atoms with Crippen LogP contribution in [0.2, 0.25) is 0 Å². The quantitative estimate of drug-likeness (QED) is 0.650. The predicted octanol–water partition coefficient (Wildman–Crippen LogP) is 3.91. The maximum atomic E-state index is 13.8. The van der Waals surface area contributed by atoms with E-state index in [9.17, 15) is 4.39 Å². The van der Waals surface area contributed by atoms with Gasteiger partial charge < -0.3 is 5.32 Å². The third-order valence-electron chi connectivity index (χ3n) is 4.16. The van der Waals surface area contributed by atoms with Gasteiger partial charge in [-0.25, -0.2) is 14.4 Å². The van der Waals surface area contributed by atoms with Crippen LogP contribution < -0.4 is 5.32 Å². The summed E-state index contributed by atoms with van der Waals surface area (Å²) in [4.78, 5) is 13.2. The molecule has 0 saturated heterocycles. The standard InChI is InChI=1S/C16H15FIN5/c17-12-7-11(5-6-13(12)18)23-9-20-14-8-19-16(22-15(14)23)21-10-3-1-2-4-10/h5-10H,1-4H2,(H,19,21,22). The van der Waals surface area contributed by atoms with E-state index in [1.165, 1.54) is 18.9 Å². The van der Waals surface area contributed by atoms with E-state index in [-0.39, 0.29) is 5.82 Å². The first-order valence-electron chi connectivity index (χ1n) is 7.63. The number of halogens is 2. The fourth-order valence-electron chi connectivity index (χ4n) is 2.96. The number of aromatic nitrogens is 4. The minimum Gasteiger partial charge on any atom is -0.351 e. The highest BCUT2D eigenvalue weighted by Crippen LogP contribution is 2.23. The van der Waals surface area contributed by atoms with Crippen LogP contribution in [0.1, 0.15) is 25.7 Å². The molecule has 0 spiro atoms. The Kier molecular flexibility index (Phi) is 3.88. The maximum Gasteiger partial charge on any atom is 0.224 e. The summed E-state index contributed by atoms with van der Waals surface area (Å²) in [6, 6.07) is 5.54. The number of fused-ring (bicyclic) bond motifs is 1.